The molecule has 1 atom stereocenters. The Morgan fingerprint density at radius 3 is 2.89 bits per heavy atom. The van der Waals surface area contributed by atoms with Gasteiger partial charge in [0.25, 0.3) is 5.91 Å². The lowest BCUT2D eigenvalue weighted by atomic mass is 10.0. The predicted molar refractivity (Wildman–Crippen MR) is 76.4 cm³/mol. The maximum absolute atomic E-state index is 12.2. The fraction of sp³-hybridized carbons (Fsp3) is 0.562. The average Bonchev–Trinajstić information content (AvgIpc) is 2.40. The normalized spacial score (nSPS) is 19.3. The smallest absolute Gasteiger partial charge is 0.260 e. The minimum absolute atomic E-state index is 0.105. The van der Waals surface area contributed by atoms with Gasteiger partial charge >= 0.3 is 0 Å². The van der Waals surface area contributed by atoms with Crippen LogP contribution >= 0.6 is 0 Å². The van der Waals surface area contributed by atoms with Crippen LogP contribution in [-0.4, -0.2) is 30.0 Å². The molecule has 2 rings (SSSR count). The molecule has 1 fully saturated rings. The van der Waals surface area contributed by atoms with Gasteiger partial charge < -0.3 is 9.64 Å². The molecule has 0 radical (unpaired) electrons. The predicted octanol–water partition coefficient (Wildman–Crippen LogP) is 3.08. The molecule has 1 aromatic carbocycles. The van der Waals surface area contributed by atoms with Gasteiger partial charge in [-0.2, -0.15) is 0 Å². The summed E-state index contributed by atoms with van der Waals surface area (Å²) >= 11 is 0. The second-order valence-electron chi connectivity index (χ2n) is 5.49. The SMILES string of the molecule is Cc1ccc(C)c(OCC(=O)N2CCCCC2C)c1. The Balaban J connectivity index is 1.94. The van der Waals surface area contributed by atoms with Crippen LogP contribution in [0.25, 0.3) is 0 Å². The van der Waals surface area contributed by atoms with E-state index >= 15 is 0 Å². The number of ether oxygens (including phenoxy) is 1. The van der Waals surface area contributed by atoms with E-state index in [2.05, 4.69) is 13.0 Å². The first-order chi connectivity index (χ1) is 9.08. The summed E-state index contributed by atoms with van der Waals surface area (Å²) in [7, 11) is 0. The Bertz CT molecular complexity index is 456. The first-order valence-corrected chi connectivity index (χ1v) is 7.07. The highest BCUT2D eigenvalue weighted by Gasteiger charge is 2.23. The molecule has 1 unspecified atom stereocenters. The number of hydrogen-bond acceptors (Lipinski definition) is 2. The summed E-state index contributed by atoms with van der Waals surface area (Å²) in [6, 6.07) is 6.42. The molecule has 1 aliphatic heterocycles. The van der Waals surface area contributed by atoms with Crippen LogP contribution in [-0.2, 0) is 4.79 Å². The van der Waals surface area contributed by atoms with Crippen molar-refractivity contribution in [3.63, 3.8) is 0 Å². The lowest BCUT2D eigenvalue weighted by Crippen LogP contribution is -2.44. The summed E-state index contributed by atoms with van der Waals surface area (Å²) in [6.07, 6.45) is 3.44. The zero-order valence-corrected chi connectivity index (χ0v) is 12.1. The first-order valence-electron chi connectivity index (χ1n) is 7.07. The lowest BCUT2D eigenvalue weighted by Gasteiger charge is -2.33. The number of piperidine rings is 1. The van der Waals surface area contributed by atoms with Gasteiger partial charge in [0.1, 0.15) is 5.75 Å². The van der Waals surface area contributed by atoms with Crippen LogP contribution in [0.2, 0.25) is 0 Å². The van der Waals surface area contributed by atoms with Gasteiger partial charge in [0.2, 0.25) is 0 Å². The van der Waals surface area contributed by atoms with Gasteiger partial charge in [-0.05, 0) is 57.2 Å². The van der Waals surface area contributed by atoms with Crippen molar-refractivity contribution in [3.05, 3.63) is 29.3 Å². The molecule has 104 valence electrons. The van der Waals surface area contributed by atoms with Crippen molar-refractivity contribution in [3.8, 4) is 5.75 Å². The van der Waals surface area contributed by atoms with Gasteiger partial charge in [-0.25, -0.2) is 0 Å². The van der Waals surface area contributed by atoms with E-state index in [4.69, 9.17) is 4.74 Å². The minimum atomic E-state index is 0.105. The summed E-state index contributed by atoms with van der Waals surface area (Å²) in [6.45, 7) is 7.17. The molecular formula is C16H23NO2. The quantitative estimate of drug-likeness (QED) is 0.837. The zero-order chi connectivity index (χ0) is 13.8. The van der Waals surface area contributed by atoms with Crippen molar-refractivity contribution < 1.29 is 9.53 Å². The number of carbonyl (C=O) groups is 1. The Morgan fingerprint density at radius 1 is 1.37 bits per heavy atom. The Morgan fingerprint density at radius 2 is 2.16 bits per heavy atom. The second-order valence-corrected chi connectivity index (χ2v) is 5.49. The number of nitrogens with zero attached hydrogens (tertiary/aromatic N) is 1. The van der Waals surface area contributed by atoms with Crippen LogP contribution in [0.1, 0.15) is 37.3 Å². The van der Waals surface area contributed by atoms with Crippen LogP contribution in [0.3, 0.4) is 0 Å². The van der Waals surface area contributed by atoms with Gasteiger partial charge in [0.15, 0.2) is 6.61 Å². The molecule has 1 aliphatic rings. The van der Waals surface area contributed by atoms with Crippen molar-refractivity contribution in [2.45, 2.75) is 46.1 Å². The van der Waals surface area contributed by atoms with E-state index in [1.807, 2.05) is 30.9 Å². The van der Waals surface area contributed by atoms with Gasteiger partial charge in [-0.15, -0.1) is 0 Å². The van der Waals surface area contributed by atoms with E-state index in [0.717, 1.165) is 36.3 Å². The van der Waals surface area contributed by atoms with Gasteiger partial charge in [-0.1, -0.05) is 12.1 Å². The second kappa shape index (κ2) is 6.09. The number of likely N-dealkylation sites (tertiary alicyclic amines) is 1. The number of benzene rings is 1. The molecule has 1 amide bonds. The molecule has 3 nitrogen and oxygen atoms in total. The molecule has 3 heteroatoms. The fourth-order valence-corrected chi connectivity index (χ4v) is 2.55. The minimum Gasteiger partial charge on any atom is -0.483 e. The summed E-state index contributed by atoms with van der Waals surface area (Å²) in [5.41, 5.74) is 2.23. The van der Waals surface area contributed by atoms with Crippen molar-refractivity contribution in [2.24, 2.45) is 0 Å². The molecule has 1 aromatic rings. The fourth-order valence-electron chi connectivity index (χ4n) is 2.55. The van der Waals surface area contributed by atoms with Gasteiger partial charge in [0, 0.05) is 12.6 Å². The summed E-state index contributed by atoms with van der Waals surface area (Å²) < 4.78 is 5.69. The third kappa shape index (κ3) is 3.49. The van der Waals surface area contributed by atoms with E-state index in [9.17, 15) is 4.79 Å². The number of hydrogen-bond donors (Lipinski definition) is 0. The number of carbonyl (C=O) groups excluding carboxylic acids is 1. The average molecular weight is 261 g/mol. The molecular weight excluding hydrogens is 238 g/mol. The highest BCUT2D eigenvalue weighted by Crippen LogP contribution is 2.20. The zero-order valence-electron chi connectivity index (χ0n) is 12.1. The van der Waals surface area contributed by atoms with Crippen molar-refractivity contribution in [1.29, 1.82) is 0 Å². The summed E-state index contributed by atoms with van der Waals surface area (Å²) in [4.78, 5) is 14.1. The van der Waals surface area contributed by atoms with Crippen LogP contribution in [0.15, 0.2) is 18.2 Å². The third-order valence-electron chi connectivity index (χ3n) is 3.82. The van der Waals surface area contributed by atoms with Crippen LogP contribution in [0.5, 0.6) is 5.75 Å². The lowest BCUT2D eigenvalue weighted by molar-refractivity contribution is -0.136. The largest absolute Gasteiger partial charge is 0.483 e. The molecule has 0 aromatic heterocycles. The van der Waals surface area contributed by atoms with Gasteiger partial charge in [0.05, 0.1) is 0 Å². The standard InChI is InChI=1S/C16H23NO2/c1-12-7-8-13(2)15(10-12)19-11-16(18)17-9-5-4-6-14(17)3/h7-8,10,14H,4-6,9,11H2,1-3H3. The maximum Gasteiger partial charge on any atom is 0.260 e. The van der Waals surface area contributed by atoms with E-state index in [1.165, 1.54) is 6.42 Å². The summed E-state index contributed by atoms with van der Waals surface area (Å²) in [5, 5.41) is 0. The molecule has 0 saturated carbocycles. The topological polar surface area (TPSA) is 29.5 Å². The number of rotatable bonds is 3. The van der Waals surface area contributed by atoms with Crippen molar-refractivity contribution in [1.82, 2.24) is 4.90 Å². The van der Waals surface area contributed by atoms with Crippen LogP contribution in [0, 0.1) is 13.8 Å². The van der Waals surface area contributed by atoms with E-state index in [-0.39, 0.29) is 12.5 Å². The molecule has 0 spiro atoms. The highest BCUT2D eigenvalue weighted by atomic mass is 16.5. The van der Waals surface area contributed by atoms with Crippen LogP contribution in [0.4, 0.5) is 0 Å². The Labute approximate surface area is 115 Å². The number of amides is 1. The van der Waals surface area contributed by atoms with Crippen molar-refractivity contribution in [2.75, 3.05) is 13.2 Å². The molecule has 0 bridgehead atoms. The summed E-state index contributed by atoms with van der Waals surface area (Å²) in [5.74, 6) is 0.922. The monoisotopic (exact) mass is 261 g/mol. The van der Waals surface area contributed by atoms with E-state index < -0.39 is 0 Å². The Kier molecular flexibility index (Phi) is 4.46. The third-order valence-corrected chi connectivity index (χ3v) is 3.82. The molecule has 0 N–H and O–H groups in total. The first kappa shape index (κ1) is 13.9. The molecule has 1 heterocycles. The Hall–Kier alpha value is -1.51. The van der Waals surface area contributed by atoms with Crippen LogP contribution < -0.4 is 4.74 Å². The van der Waals surface area contributed by atoms with E-state index in [0.29, 0.717) is 6.04 Å². The maximum atomic E-state index is 12.2. The molecule has 19 heavy (non-hydrogen) atoms. The number of aryl methyl sites for hydroxylation is 2. The van der Waals surface area contributed by atoms with Crippen molar-refractivity contribution >= 4 is 5.91 Å². The molecule has 0 aliphatic carbocycles. The highest BCUT2D eigenvalue weighted by molar-refractivity contribution is 5.78. The molecule has 1 saturated heterocycles. The van der Waals surface area contributed by atoms with E-state index in [1.54, 1.807) is 0 Å². The van der Waals surface area contributed by atoms with Gasteiger partial charge in [-0.3, -0.25) is 4.79 Å².